The second-order valence-electron chi connectivity index (χ2n) is 5.12. The molecule has 10 heteroatoms. The number of aromatic nitrogens is 2. The van der Waals surface area contributed by atoms with Crippen molar-refractivity contribution in [2.75, 3.05) is 25.1 Å². The Labute approximate surface area is 143 Å². The molecule has 0 spiro atoms. The van der Waals surface area contributed by atoms with Crippen LogP contribution in [-0.2, 0) is 10.0 Å². The quantitative estimate of drug-likeness (QED) is 0.857. The Bertz CT molecular complexity index is 818. The van der Waals surface area contributed by atoms with Crippen molar-refractivity contribution in [2.24, 2.45) is 0 Å². The molecule has 1 aromatic heterocycles. The molecule has 1 aliphatic rings. The summed E-state index contributed by atoms with van der Waals surface area (Å²) in [5.74, 6) is 0.262. The van der Waals surface area contributed by atoms with Gasteiger partial charge in [0.25, 0.3) is 0 Å². The average Bonchev–Trinajstić information content (AvgIpc) is 2.88. The number of halogens is 1. The van der Waals surface area contributed by atoms with Gasteiger partial charge in [0.2, 0.25) is 15.2 Å². The molecule has 0 unspecified atom stereocenters. The fourth-order valence-corrected chi connectivity index (χ4v) is 4.62. The Balaban J connectivity index is 1.70. The molecule has 0 radical (unpaired) electrons. The largest absolute Gasteiger partial charge is 0.495 e. The third-order valence-electron chi connectivity index (χ3n) is 3.40. The molecule has 0 atom stereocenters. The molecular weight excluding hydrogens is 360 g/mol. The second-order valence-corrected chi connectivity index (χ2v) is 8.40. The molecular formula is C13H15ClN4O3S2. The topological polar surface area (TPSA) is 84.4 Å². The van der Waals surface area contributed by atoms with Crippen LogP contribution in [-0.4, -0.2) is 44.9 Å². The molecule has 1 aliphatic heterocycles. The smallest absolute Gasteiger partial charge is 0.244 e. The van der Waals surface area contributed by atoms with E-state index in [0.717, 1.165) is 10.1 Å². The van der Waals surface area contributed by atoms with E-state index in [1.165, 1.54) is 30.6 Å². The summed E-state index contributed by atoms with van der Waals surface area (Å²) in [5, 5.41) is 10.0. The summed E-state index contributed by atoms with van der Waals surface area (Å²) in [6, 6.07) is 4.32. The number of ether oxygens (including phenoxy) is 1. The number of methoxy groups -OCH3 is 1. The Kier molecular flexibility index (Phi) is 4.45. The van der Waals surface area contributed by atoms with E-state index in [0.29, 0.717) is 18.1 Å². The van der Waals surface area contributed by atoms with Gasteiger partial charge in [0.05, 0.1) is 13.2 Å². The van der Waals surface area contributed by atoms with Crippen LogP contribution in [0.2, 0.25) is 5.02 Å². The predicted octanol–water partition coefficient (Wildman–Crippen LogP) is 1.68. The molecule has 124 valence electrons. The Morgan fingerprint density at radius 3 is 2.74 bits per heavy atom. The van der Waals surface area contributed by atoms with Crippen LogP contribution >= 0.6 is 22.9 Å². The van der Waals surface area contributed by atoms with E-state index in [1.54, 1.807) is 6.07 Å². The molecule has 0 saturated carbocycles. The summed E-state index contributed by atoms with van der Waals surface area (Å²) in [7, 11) is -2.28. The van der Waals surface area contributed by atoms with E-state index in [1.807, 2.05) is 11.8 Å². The average molecular weight is 375 g/mol. The molecule has 1 saturated heterocycles. The van der Waals surface area contributed by atoms with Crippen molar-refractivity contribution in [3.05, 3.63) is 28.2 Å². The Hall–Kier alpha value is -1.42. The van der Waals surface area contributed by atoms with Crippen LogP contribution in [0.25, 0.3) is 0 Å². The van der Waals surface area contributed by atoms with Crippen LogP contribution in [0.15, 0.2) is 23.1 Å². The maximum Gasteiger partial charge on any atom is 0.244 e. The SMILES string of the molecule is COc1ccc(Cl)cc1S(=O)(=O)NC1CN(c2nnc(C)s2)C1. The van der Waals surface area contributed by atoms with Crippen molar-refractivity contribution < 1.29 is 13.2 Å². The highest BCUT2D eigenvalue weighted by Crippen LogP contribution is 2.29. The van der Waals surface area contributed by atoms with E-state index in [9.17, 15) is 8.42 Å². The zero-order chi connectivity index (χ0) is 16.6. The highest BCUT2D eigenvalue weighted by atomic mass is 35.5. The van der Waals surface area contributed by atoms with Gasteiger partial charge in [-0.05, 0) is 25.1 Å². The van der Waals surface area contributed by atoms with E-state index < -0.39 is 10.0 Å². The summed E-state index contributed by atoms with van der Waals surface area (Å²) in [5.41, 5.74) is 0. The number of hydrogen-bond acceptors (Lipinski definition) is 7. The fourth-order valence-electron chi connectivity index (χ4n) is 2.27. The number of anilines is 1. The van der Waals surface area contributed by atoms with E-state index >= 15 is 0 Å². The standard InChI is InChI=1S/C13H15ClN4O3S2/c1-8-15-16-13(22-8)18-6-10(7-18)17-23(19,20)12-5-9(14)3-4-11(12)21-2/h3-5,10,17H,6-7H2,1-2H3. The van der Waals surface area contributed by atoms with E-state index in [4.69, 9.17) is 16.3 Å². The lowest BCUT2D eigenvalue weighted by Crippen LogP contribution is -2.59. The van der Waals surface area contributed by atoms with Gasteiger partial charge in [0.1, 0.15) is 15.7 Å². The molecule has 0 aliphatic carbocycles. The second kappa shape index (κ2) is 6.23. The molecule has 1 N–H and O–H groups in total. The van der Waals surface area contributed by atoms with Crippen molar-refractivity contribution in [3.8, 4) is 5.75 Å². The third-order valence-corrected chi connectivity index (χ3v) is 6.08. The first-order valence-corrected chi connectivity index (χ1v) is 9.48. The molecule has 1 aromatic carbocycles. The summed E-state index contributed by atoms with van der Waals surface area (Å²) in [6.07, 6.45) is 0. The molecule has 3 rings (SSSR count). The van der Waals surface area contributed by atoms with Gasteiger partial charge >= 0.3 is 0 Å². The zero-order valence-electron chi connectivity index (χ0n) is 12.5. The van der Waals surface area contributed by atoms with Crippen LogP contribution in [0.1, 0.15) is 5.01 Å². The Morgan fingerprint density at radius 2 is 2.13 bits per heavy atom. The van der Waals surface area contributed by atoms with Crippen LogP contribution < -0.4 is 14.4 Å². The first-order valence-electron chi connectivity index (χ1n) is 6.80. The number of nitrogens with zero attached hydrogens (tertiary/aromatic N) is 3. The third kappa shape index (κ3) is 3.42. The van der Waals surface area contributed by atoms with E-state index in [-0.39, 0.29) is 16.7 Å². The minimum Gasteiger partial charge on any atom is -0.495 e. The molecule has 7 nitrogen and oxygen atoms in total. The number of sulfonamides is 1. The van der Waals surface area contributed by atoms with Gasteiger partial charge in [-0.3, -0.25) is 0 Å². The summed E-state index contributed by atoms with van der Waals surface area (Å²) < 4.78 is 32.8. The number of benzene rings is 1. The van der Waals surface area contributed by atoms with Crippen molar-refractivity contribution in [3.63, 3.8) is 0 Å². The number of aryl methyl sites for hydroxylation is 1. The fraction of sp³-hybridized carbons (Fsp3) is 0.385. The number of nitrogens with one attached hydrogen (secondary N) is 1. The van der Waals surface area contributed by atoms with Crippen LogP contribution in [0, 0.1) is 6.92 Å². The first-order chi connectivity index (χ1) is 10.9. The maximum absolute atomic E-state index is 12.5. The van der Waals surface area contributed by atoms with Crippen molar-refractivity contribution >= 4 is 38.1 Å². The van der Waals surface area contributed by atoms with Crippen LogP contribution in [0.3, 0.4) is 0 Å². The predicted molar refractivity (Wildman–Crippen MR) is 89.0 cm³/mol. The van der Waals surface area contributed by atoms with Crippen molar-refractivity contribution in [2.45, 2.75) is 17.9 Å². The molecule has 0 amide bonds. The monoisotopic (exact) mass is 374 g/mol. The number of hydrogen-bond donors (Lipinski definition) is 1. The molecule has 23 heavy (non-hydrogen) atoms. The van der Waals surface area contributed by atoms with Crippen molar-refractivity contribution in [1.29, 1.82) is 0 Å². The van der Waals surface area contributed by atoms with Gasteiger partial charge in [0.15, 0.2) is 0 Å². The number of rotatable bonds is 5. The summed E-state index contributed by atoms with van der Waals surface area (Å²) in [4.78, 5) is 2.02. The van der Waals surface area contributed by atoms with E-state index in [2.05, 4.69) is 14.9 Å². The minimum absolute atomic E-state index is 0.0395. The lowest BCUT2D eigenvalue weighted by molar-refractivity contribution is 0.401. The van der Waals surface area contributed by atoms with Crippen LogP contribution in [0.4, 0.5) is 5.13 Å². The van der Waals surface area contributed by atoms with Gasteiger partial charge in [0, 0.05) is 18.1 Å². The lowest BCUT2D eigenvalue weighted by atomic mass is 10.1. The highest BCUT2D eigenvalue weighted by Gasteiger charge is 2.33. The molecule has 1 fully saturated rings. The molecule has 2 aromatic rings. The highest BCUT2D eigenvalue weighted by molar-refractivity contribution is 7.89. The minimum atomic E-state index is -3.70. The van der Waals surface area contributed by atoms with Crippen molar-refractivity contribution in [1.82, 2.24) is 14.9 Å². The van der Waals surface area contributed by atoms with Gasteiger partial charge < -0.3 is 9.64 Å². The Morgan fingerprint density at radius 1 is 1.39 bits per heavy atom. The molecule has 0 bridgehead atoms. The van der Waals surface area contributed by atoms with Gasteiger partial charge in [-0.2, -0.15) is 0 Å². The lowest BCUT2D eigenvalue weighted by Gasteiger charge is -2.38. The zero-order valence-corrected chi connectivity index (χ0v) is 14.9. The summed E-state index contributed by atoms with van der Waals surface area (Å²) >= 11 is 7.39. The van der Waals surface area contributed by atoms with Gasteiger partial charge in [-0.25, -0.2) is 13.1 Å². The molecule has 2 heterocycles. The normalized spacial score (nSPS) is 15.5. The van der Waals surface area contributed by atoms with Gasteiger partial charge in [-0.15, -0.1) is 10.2 Å². The first kappa shape index (κ1) is 16.4. The van der Waals surface area contributed by atoms with Crippen LogP contribution in [0.5, 0.6) is 5.75 Å². The summed E-state index contributed by atoms with van der Waals surface area (Å²) in [6.45, 7) is 2.99. The maximum atomic E-state index is 12.5. The van der Waals surface area contributed by atoms with Gasteiger partial charge in [-0.1, -0.05) is 22.9 Å².